The number of hydrogen-bond donors (Lipinski definition) is 0. The molecule has 1 unspecified atom stereocenters. The minimum atomic E-state index is -1.08. The van der Waals surface area contributed by atoms with Gasteiger partial charge in [-0.25, -0.2) is 4.90 Å². The van der Waals surface area contributed by atoms with Crippen LogP contribution in [0.25, 0.3) is 0 Å². The molecule has 1 aliphatic rings. The quantitative estimate of drug-likeness (QED) is 0.532. The summed E-state index contributed by atoms with van der Waals surface area (Å²) < 4.78 is 6.13. The number of esters is 1. The molecule has 2 amide bonds. The van der Waals surface area contributed by atoms with E-state index in [1.807, 2.05) is 0 Å². The highest BCUT2D eigenvalue weighted by Gasteiger charge is 2.47. The molecule has 1 aliphatic heterocycles. The molecule has 32 heavy (non-hydrogen) atoms. The summed E-state index contributed by atoms with van der Waals surface area (Å²) in [5.74, 6) is -1.29. The first-order valence-electron chi connectivity index (χ1n) is 10.0. The van der Waals surface area contributed by atoms with E-state index in [0.717, 1.165) is 9.37 Å². The maximum atomic E-state index is 13.1. The summed E-state index contributed by atoms with van der Waals surface area (Å²) in [4.78, 5) is 39.2. The van der Waals surface area contributed by atoms with Crippen LogP contribution in [-0.2, 0) is 19.1 Å². The number of halogens is 2. The number of anilines is 1. The minimum Gasteiger partial charge on any atom is -0.465 e. The largest absolute Gasteiger partial charge is 0.465 e. The first-order valence-corrected chi connectivity index (χ1v) is 11.2. The van der Waals surface area contributed by atoms with Crippen LogP contribution in [0.3, 0.4) is 0 Å². The number of carbonyl (C=O) groups is 3. The van der Waals surface area contributed by atoms with Crippen LogP contribution >= 0.6 is 27.5 Å². The molecule has 168 valence electrons. The van der Waals surface area contributed by atoms with Gasteiger partial charge in [0.25, 0.3) is 5.91 Å². The molecule has 0 aromatic heterocycles. The molecule has 0 saturated heterocycles. The summed E-state index contributed by atoms with van der Waals surface area (Å²) in [7, 11) is 0. The number of rotatable bonds is 6. The van der Waals surface area contributed by atoms with Gasteiger partial charge in [-0.15, -0.1) is 0 Å². The Hall–Kier alpha value is -2.71. The molecule has 0 spiro atoms. The Bertz CT molecular complexity index is 1060. The third-order valence-corrected chi connectivity index (χ3v) is 5.85. The van der Waals surface area contributed by atoms with Crippen molar-refractivity contribution in [3.8, 4) is 0 Å². The first kappa shape index (κ1) is 23.9. The highest BCUT2D eigenvalue weighted by Crippen LogP contribution is 2.33. The number of ether oxygens (including phenoxy) is 1. The third kappa shape index (κ3) is 5.02. The van der Waals surface area contributed by atoms with Gasteiger partial charge in [-0.05, 0) is 55.8 Å². The van der Waals surface area contributed by atoms with E-state index in [1.54, 1.807) is 62.4 Å². The summed E-state index contributed by atoms with van der Waals surface area (Å²) in [5.41, 5.74) is 0.567. The zero-order valence-corrected chi connectivity index (χ0v) is 20.3. The van der Waals surface area contributed by atoms with E-state index in [9.17, 15) is 14.4 Å². The fourth-order valence-electron chi connectivity index (χ4n) is 3.57. The van der Waals surface area contributed by atoms with E-state index >= 15 is 0 Å². The van der Waals surface area contributed by atoms with E-state index < -0.39 is 23.2 Å². The highest BCUT2D eigenvalue weighted by atomic mass is 79.9. The van der Waals surface area contributed by atoms with Gasteiger partial charge in [-0.1, -0.05) is 39.7 Å². The Labute approximate surface area is 200 Å². The van der Waals surface area contributed by atoms with Gasteiger partial charge < -0.3 is 4.74 Å². The molecule has 7 nitrogen and oxygen atoms in total. The Morgan fingerprint density at radius 3 is 2.34 bits per heavy atom. The normalized spacial score (nSPS) is 17.7. The van der Waals surface area contributed by atoms with Crippen LogP contribution in [0.15, 0.2) is 58.1 Å². The molecular formula is C23H23BrClN3O4. The molecule has 2 aromatic rings. The molecule has 0 fully saturated rings. The van der Waals surface area contributed by atoms with Crippen LogP contribution in [0.2, 0.25) is 5.02 Å². The molecule has 0 bridgehead atoms. The molecule has 9 heteroatoms. The predicted octanol–water partition coefficient (Wildman–Crippen LogP) is 4.27. The Kier molecular flexibility index (Phi) is 7.36. The lowest BCUT2D eigenvalue weighted by molar-refractivity contribution is -0.150. The maximum absolute atomic E-state index is 13.1. The average molecular weight is 521 g/mol. The standard InChI is InChI=1S/C23H23BrClN3O4/c1-4-32-22(31)23(3)14-27(26-21(23)16-5-9-18(25)10-6-16)13-20(30)28(15(2)29)19-11-7-17(24)8-12-19/h5-12H,4,13-14H2,1-3H3. The number of benzene rings is 2. The average Bonchev–Trinajstić information content (AvgIpc) is 3.07. The van der Waals surface area contributed by atoms with Gasteiger partial charge in [-0.3, -0.25) is 19.4 Å². The smallest absolute Gasteiger partial charge is 0.319 e. The predicted molar refractivity (Wildman–Crippen MR) is 127 cm³/mol. The fraction of sp³-hybridized carbons (Fsp3) is 0.304. The van der Waals surface area contributed by atoms with Crippen molar-refractivity contribution in [3.05, 3.63) is 63.6 Å². The molecule has 0 N–H and O–H groups in total. The van der Waals surface area contributed by atoms with Gasteiger partial charge in [0.05, 0.1) is 24.6 Å². The Morgan fingerprint density at radius 2 is 1.78 bits per heavy atom. The maximum Gasteiger partial charge on any atom is 0.319 e. The molecule has 3 rings (SSSR count). The molecule has 0 saturated carbocycles. The monoisotopic (exact) mass is 519 g/mol. The number of hydrogen-bond acceptors (Lipinski definition) is 6. The third-order valence-electron chi connectivity index (χ3n) is 5.07. The molecule has 2 aromatic carbocycles. The van der Waals surface area contributed by atoms with Crippen LogP contribution in [0.4, 0.5) is 5.69 Å². The lowest BCUT2D eigenvalue weighted by Gasteiger charge is -2.25. The Morgan fingerprint density at radius 1 is 1.16 bits per heavy atom. The molecule has 1 heterocycles. The SMILES string of the molecule is CCOC(=O)C1(C)CN(CC(=O)N(C(C)=O)c2ccc(Br)cc2)N=C1c1ccc(Cl)cc1. The summed E-state index contributed by atoms with van der Waals surface area (Å²) in [6.45, 7) is 4.99. The molecule has 1 atom stereocenters. The van der Waals surface area contributed by atoms with Crippen molar-refractivity contribution in [2.45, 2.75) is 20.8 Å². The zero-order valence-electron chi connectivity index (χ0n) is 18.0. The summed E-state index contributed by atoms with van der Waals surface area (Å²) >= 11 is 9.35. The van der Waals surface area contributed by atoms with E-state index in [4.69, 9.17) is 16.3 Å². The second kappa shape index (κ2) is 9.83. The number of hydrazone groups is 1. The number of nitrogens with zero attached hydrogens (tertiary/aromatic N) is 3. The molecule has 0 aliphatic carbocycles. The van der Waals surface area contributed by atoms with Gasteiger partial charge in [0, 0.05) is 16.4 Å². The van der Waals surface area contributed by atoms with Crippen LogP contribution in [-0.4, -0.2) is 48.2 Å². The van der Waals surface area contributed by atoms with Crippen molar-refractivity contribution in [3.63, 3.8) is 0 Å². The number of imide groups is 1. The van der Waals surface area contributed by atoms with Crippen molar-refractivity contribution in [1.82, 2.24) is 5.01 Å². The zero-order chi connectivity index (χ0) is 23.5. The lowest BCUT2D eigenvalue weighted by Crippen LogP contribution is -2.44. The van der Waals surface area contributed by atoms with Gasteiger partial charge in [0.15, 0.2) is 0 Å². The van der Waals surface area contributed by atoms with Crippen LogP contribution in [0.5, 0.6) is 0 Å². The second-order valence-electron chi connectivity index (χ2n) is 7.56. The summed E-state index contributed by atoms with van der Waals surface area (Å²) in [5, 5.41) is 6.63. The van der Waals surface area contributed by atoms with Gasteiger partial charge in [0.1, 0.15) is 12.0 Å². The number of amides is 2. The van der Waals surface area contributed by atoms with Crippen molar-refractivity contribution < 1.29 is 19.1 Å². The van der Waals surface area contributed by atoms with Gasteiger partial charge in [0.2, 0.25) is 5.91 Å². The van der Waals surface area contributed by atoms with E-state index in [0.29, 0.717) is 22.0 Å². The summed E-state index contributed by atoms with van der Waals surface area (Å²) in [6.07, 6.45) is 0. The molecule has 0 radical (unpaired) electrons. The van der Waals surface area contributed by atoms with Crippen LogP contribution in [0.1, 0.15) is 26.3 Å². The van der Waals surface area contributed by atoms with Crippen LogP contribution in [0, 0.1) is 5.41 Å². The van der Waals surface area contributed by atoms with Crippen molar-refractivity contribution in [2.75, 3.05) is 24.6 Å². The first-order chi connectivity index (χ1) is 15.2. The lowest BCUT2D eigenvalue weighted by atomic mass is 9.82. The van der Waals surface area contributed by atoms with E-state index in [2.05, 4.69) is 21.0 Å². The Balaban J connectivity index is 1.90. The van der Waals surface area contributed by atoms with Crippen molar-refractivity contribution in [1.29, 1.82) is 0 Å². The van der Waals surface area contributed by atoms with E-state index in [1.165, 1.54) is 11.9 Å². The minimum absolute atomic E-state index is 0.140. The van der Waals surface area contributed by atoms with Crippen LogP contribution < -0.4 is 4.90 Å². The van der Waals surface area contributed by atoms with Gasteiger partial charge in [-0.2, -0.15) is 5.10 Å². The molecular weight excluding hydrogens is 498 g/mol. The second-order valence-corrected chi connectivity index (χ2v) is 8.91. The highest BCUT2D eigenvalue weighted by molar-refractivity contribution is 9.10. The summed E-state index contributed by atoms with van der Waals surface area (Å²) in [6, 6.07) is 13.8. The van der Waals surface area contributed by atoms with Crippen molar-refractivity contribution >= 4 is 56.7 Å². The van der Waals surface area contributed by atoms with E-state index in [-0.39, 0.29) is 19.7 Å². The number of carbonyl (C=O) groups excluding carboxylic acids is 3. The topological polar surface area (TPSA) is 79.3 Å². The van der Waals surface area contributed by atoms with Crippen molar-refractivity contribution in [2.24, 2.45) is 10.5 Å². The fourth-order valence-corrected chi connectivity index (χ4v) is 3.96. The van der Waals surface area contributed by atoms with Gasteiger partial charge >= 0.3 is 5.97 Å².